The molecule has 9 heteroatoms. The van der Waals surface area contributed by atoms with Gasteiger partial charge in [-0.05, 0) is 42.3 Å². The molecule has 0 unspecified atom stereocenters. The van der Waals surface area contributed by atoms with Crippen LogP contribution >= 0.6 is 35.0 Å². The van der Waals surface area contributed by atoms with E-state index in [-0.39, 0.29) is 18.3 Å². The van der Waals surface area contributed by atoms with E-state index in [1.54, 1.807) is 18.2 Å². The Balaban J connectivity index is 1.46. The van der Waals surface area contributed by atoms with Crippen molar-refractivity contribution in [2.75, 3.05) is 11.1 Å². The van der Waals surface area contributed by atoms with Crippen LogP contribution in [0.2, 0.25) is 10.0 Å². The second kappa shape index (κ2) is 9.82. The average molecular weight is 437 g/mol. The Hall–Kier alpha value is -2.22. The number of halogens is 2. The molecule has 1 amide bonds. The first kappa shape index (κ1) is 20.5. The lowest BCUT2D eigenvalue weighted by Gasteiger charge is -2.05. The second-order valence-corrected chi connectivity index (χ2v) is 7.66. The molecule has 146 valence electrons. The predicted molar refractivity (Wildman–Crippen MR) is 112 cm³/mol. The Morgan fingerprint density at radius 2 is 1.89 bits per heavy atom. The number of hydrogen-bond donors (Lipinski definition) is 2. The zero-order chi connectivity index (χ0) is 19.9. The SMILES string of the molecule is CCc1ccc(OCc2nc(SCC(=O)Nc3cc(Cl)cc(Cl)c3)n[nH]2)cc1. The highest BCUT2D eigenvalue weighted by Crippen LogP contribution is 2.23. The largest absolute Gasteiger partial charge is 0.486 e. The molecule has 0 saturated heterocycles. The number of ether oxygens (including phenoxy) is 1. The Morgan fingerprint density at radius 3 is 2.57 bits per heavy atom. The number of H-pyrrole nitrogens is 1. The third-order valence-corrected chi connectivity index (χ3v) is 4.98. The van der Waals surface area contributed by atoms with Gasteiger partial charge in [-0.15, -0.1) is 5.10 Å². The Morgan fingerprint density at radius 1 is 1.18 bits per heavy atom. The molecular weight excluding hydrogens is 419 g/mol. The highest BCUT2D eigenvalue weighted by molar-refractivity contribution is 7.99. The first-order chi connectivity index (χ1) is 13.5. The summed E-state index contributed by atoms with van der Waals surface area (Å²) in [4.78, 5) is 16.4. The highest BCUT2D eigenvalue weighted by atomic mass is 35.5. The minimum absolute atomic E-state index is 0.154. The third kappa shape index (κ3) is 6.15. The Labute approximate surface area is 177 Å². The van der Waals surface area contributed by atoms with Crippen LogP contribution in [-0.4, -0.2) is 26.8 Å². The van der Waals surface area contributed by atoms with E-state index in [0.717, 1.165) is 12.2 Å². The van der Waals surface area contributed by atoms with E-state index in [1.165, 1.54) is 17.3 Å². The fourth-order valence-corrected chi connectivity index (χ4v) is 3.48. The van der Waals surface area contributed by atoms with Crippen LogP contribution < -0.4 is 10.1 Å². The summed E-state index contributed by atoms with van der Waals surface area (Å²) in [5, 5.41) is 11.0. The number of thioether (sulfide) groups is 1. The van der Waals surface area contributed by atoms with Crippen LogP contribution in [0.1, 0.15) is 18.3 Å². The van der Waals surface area contributed by atoms with Gasteiger partial charge in [0.1, 0.15) is 12.4 Å². The van der Waals surface area contributed by atoms with Crippen LogP contribution in [0.4, 0.5) is 5.69 Å². The van der Waals surface area contributed by atoms with Gasteiger partial charge in [-0.1, -0.05) is 54.0 Å². The van der Waals surface area contributed by atoms with Crippen molar-refractivity contribution >= 4 is 46.6 Å². The minimum Gasteiger partial charge on any atom is -0.486 e. The molecule has 0 aliphatic heterocycles. The lowest BCUT2D eigenvalue weighted by molar-refractivity contribution is -0.113. The first-order valence-corrected chi connectivity index (χ1v) is 10.3. The van der Waals surface area contributed by atoms with Gasteiger partial charge in [-0.3, -0.25) is 9.89 Å². The van der Waals surface area contributed by atoms with Gasteiger partial charge in [0.15, 0.2) is 5.82 Å². The smallest absolute Gasteiger partial charge is 0.234 e. The summed E-state index contributed by atoms with van der Waals surface area (Å²) in [5.74, 6) is 1.30. The van der Waals surface area contributed by atoms with Crippen molar-refractivity contribution in [2.45, 2.75) is 25.1 Å². The van der Waals surface area contributed by atoms with Crippen molar-refractivity contribution in [1.29, 1.82) is 0 Å². The summed E-state index contributed by atoms with van der Waals surface area (Å²) < 4.78 is 5.68. The molecule has 2 aromatic carbocycles. The highest BCUT2D eigenvalue weighted by Gasteiger charge is 2.09. The number of nitrogens with one attached hydrogen (secondary N) is 2. The quantitative estimate of drug-likeness (QED) is 0.486. The molecule has 0 fully saturated rings. The van der Waals surface area contributed by atoms with E-state index < -0.39 is 0 Å². The van der Waals surface area contributed by atoms with Gasteiger partial charge < -0.3 is 10.1 Å². The fraction of sp³-hybridized carbons (Fsp3) is 0.211. The molecule has 2 N–H and O–H groups in total. The molecule has 0 atom stereocenters. The van der Waals surface area contributed by atoms with Crippen LogP contribution in [0, 0.1) is 0 Å². The minimum atomic E-state index is -0.207. The van der Waals surface area contributed by atoms with E-state index in [9.17, 15) is 4.79 Å². The fourth-order valence-electron chi connectivity index (χ4n) is 2.33. The van der Waals surface area contributed by atoms with Crippen LogP contribution in [0.25, 0.3) is 0 Å². The number of aryl methyl sites for hydroxylation is 1. The molecule has 0 bridgehead atoms. The molecular formula is C19H18Cl2N4O2S. The topological polar surface area (TPSA) is 79.9 Å². The van der Waals surface area contributed by atoms with Crippen molar-refractivity contribution in [1.82, 2.24) is 15.2 Å². The molecule has 1 heterocycles. The normalized spacial score (nSPS) is 10.7. The lowest BCUT2D eigenvalue weighted by atomic mass is 10.2. The molecule has 1 aromatic heterocycles. The van der Waals surface area contributed by atoms with Gasteiger partial charge in [0.25, 0.3) is 0 Å². The molecule has 28 heavy (non-hydrogen) atoms. The number of hydrogen-bond acceptors (Lipinski definition) is 5. The average Bonchev–Trinajstić information content (AvgIpc) is 3.12. The maximum Gasteiger partial charge on any atom is 0.234 e. The molecule has 0 aliphatic rings. The van der Waals surface area contributed by atoms with E-state index in [4.69, 9.17) is 27.9 Å². The molecule has 3 rings (SSSR count). The number of nitrogens with zero attached hydrogens (tertiary/aromatic N) is 2. The number of aromatic nitrogens is 3. The zero-order valence-electron chi connectivity index (χ0n) is 15.0. The molecule has 6 nitrogen and oxygen atoms in total. The number of benzene rings is 2. The maximum atomic E-state index is 12.1. The number of carbonyl (C=O) groups excluding carboxylic acids is 1. The summed E-state index contributed by atoms with van der Waals surface area (Å²) in [6.45, 7) is 2.38. The Bertz CT molecular complexity index is 927. The molecule has 0 spiro atoms. The van der Waals surface area contributed by atoms with Gasteiger partial charge in [-0.2, -0.15) is 0 Å². The maximum absolute atomic E-state index is 12.1. The van der Waals surface area contributed by atoms with Crippen LogP contribution in [0.3, 0.4) is 0 Å². The molecule has 0 aliphatic carbocycles. The lowest BCUT2D eigenvalue weighted by Crippen LogP contribution is -2.14. The monoisotopic (exact) mass is 436 g/mol. The summed E-state index contributed by atoms with van der Waals surface area (Å²) >= 11 is 13.1. The van der Waals surface area contributed by atoms with E-state index in [2.05, 4.69) is 27.4 Å². The van der Waals surface area contributed by atoms with Gasteiger partial charge in [0.2, 0.25) is 11.1 Å². The summed E-state index contributed by atoms with van der Waals surface area (Å²) in [5.41, 5.74) is 1.80. The third-order valence-electron chi connectivity index (χ3n) is 3.70. The number of aromatic amines is 1. The van der Waals surface area contributed by atoms with Crippen molar-refractivity contribution in [3.05, 3.63) is 63.9 Å². The van der Waals surface area contributed by atoms with Crippen molar-refractivity contribution < 1.29 is 9.53 Å². The number of anilines is 1. The van der Waals surface area contributed by atoms with E-state index in [0.29, 0.717) is 26.7 Å². The van der Waals surface area contributed by atoms with Crippen LogP contribution in [0.5, 0.6) is 5.75 Å². The van der Waals surface area contributed by atoms with Gasteiger partial charge in [-0.25, -0.2) is 4.98 Å². The van der Waals surface area contributed by atoms with Gasteiger partial charge in [0, 0.05) is 15.7 Å². The van der Waals surface area contributed by atoms with Crippen molar-refractivity contribution in [3.63, 3.8) is 0 Å². The van der Waals surface area contributed by atoms with E-state index >= 15 is 0 Å². The van der Waals surface area contributed by atoms with Crippen molar-refractivity contribution in [2.24, 2.45) is 0 Å². The van der Waals surface area contributed by atoms with Crippen LogP contribution in [0.15, 0.2) is 47.6 Å². The van der Waals surface area contributed by atoms with E-state index in [1.807, 2.05) is 24.3 Å². The van der Waals surface area contributed by atoms with Gasteiger partial charge >= 0.3 is 0 Å². The molecule has 3 aromatic rings. The number of amides is 1. The number of carbonyl (C=O) groups is 1. The summed E-state index contributed by atoms with van der Waals surface area (Å²) in [6, 6.07) is 12.8. The predicted octanol–water partition coefficient (Wildman–Crippen LogP) is 4.98. The first-order valence-electron chi connectivity index (χ1n) is 8.53. The van der Waals surface area contributed by atoms with Gasteiger partial charge in [0.05, 0.1) is 5.75 Å². The van der Waals surface area contributed by atoms with Crippen molar-refractivity contribution in [3.8, 4) is 5.75 Å². The standard InChI is InChI=1S/C19H18Cl2N4O2S/c1-2-12-3-5-16(6-4-12)27-10-17-23-19(25-24-17)28-11-18(26)22-15-8-13(20)7-14(21)9-15/h3-9H,2,10-11H2,1H3,(H,22,26)(H,23,24,25). The molecule has 0 radical (unpaired) electrons. The zero-order valence-corrected chi connectivity index (χ0v) is 17.4. The summed E-state index contributed by atoms with van der Waals surface area (Å²) in [7, 11) is 0. The summed E-state index contributed by atoms with van der Waals surface area (Å²) in [6.07, 6.45) is 0.987. The number of rotatable bonds is 8. The van der Waals surface area contributed by atoms with Crippen LogP contribution in [-0.2, 0) is 17.8 Å². The Kier molecular flexibility index (Phi) is 7.19. The molecule has 0 saturated carbocycles. The second-order valence-electron chi connectivity index (χ2n) is 5.85.